The molecule has 33 heavy (non-hydrogen) atoms. The quantitative estimate of drug-likeness (QED) is 0.353. The lowest BCUT2D eigenvalue weighted by molar-refractivity contribution is -0.197. The fourth-order valence-electron chi connectivity index (χ4n) is 4.06. The van der Waals surface area contributed by atoms with Crippen LogP contribution in [0.5, 0.6) is 0 Å². The molecule has 3 aromatic rings. The molecule has 0 amide bonds. The number of alkyl halides is 3. The molecule has 10 heteroatoms. The second-order valence-corrected chi connectivity index (χ2v) is 11.0. The Bertz CT molecular complexity index is 1070. The predicted molar refractivity (Wildman–Crippen MR) is 128 cm³/mol. The van der Waals surface area contributed by atoms with Gasteiger partial charge in [0.1, 0.15) is 11.9 Å². The van der Waals surface area contributed by atoms with Gasteiger partial charge in [-0.15, -0.1) is 22.7 Å². The number of hydrogen-bond donors (Lipinski definition) is 1. The number of nitrogens with zero attached hydrogens (tertiary/aromatic N) is 4. The maximum absolute atomic E-state index is 13.8. The van der Waals surface area contributed by atoms with Crippen molar-refractivity contribution in [3.63, 3.8) is 0 Å². The highest BCUT2D eigenvalue weighted by Gasteiger charge is 2.46. The van der Waals surface area contributed by atoms with Crippen molar-refractivity contribution in [1.82, 2.24) is 19.9 Å². The van der Waals surface area contributed by atoms with Crippen LogP contribution in [0.25, 0.3) is 10.6 Å². The first-order chi connectivity index (χ1) is 15.6. The summed E-state index contributed by atoms with van der Waals surface area (Å²) in [5.41, 5.74) is 2.61. The zero-order valence-corrected chi connectivity index (χ0v) is 20.7. The molecule has 0 radical (unpaired) electrons. The molecule has 1 saturated carbocycles. The molecule has 3 aromatic heterocycles. The molecule has 0 spiro atoms. The third-order valence-corrected chi connectivity index (χ3v) is 7.49. The van der Waals surface area contributed by atoms with E-state index in [4.69, 9.17) is 0 Å². The number of rotatable bonds is 9. The number of aryl methyl sites for hydroxylation is 2. The van der Waals surface area contributed by atoms with Crippen molar-refractivity contribution in [2.24, 2.45) is 11.8 Å². The predicted octanol–water partition coefficient (Wildman–Crippen LogP) is 6.82. The largest absolute Gasteiger partial charge is 0.404 e. The maximum atomic E-state index is 13.8. The highest BCUT2D eigenvalue weighted by molar-refractivity contribution is 7.16. The van der Waals surface area contributed by atoms with Gasteiger partial charge in [0.2, 0.25) is 0 Å². The second-order valence-electron chi connectivity index (χ2n) is 8.97. The summed E-state index contributed by atoms with van der Waals surface area (Å²) in [7, 11) is 0. The number of aromatic nitrogens is 3. The third kappa shape index (κ3) is 6.10. The van der Waals surface area contributed by atoms with E-state index in [1.54, 1.807) is 42.3 Å². The number of nitrogens with one attached hydrogen (secondary N) is 1. The third-order valence-electron chi connectivity index (χ3n) is 5.64. The molecule has 0 saturated heterocycles. The summed E-state index contributed by atoms with van der Waals surface area (Å²) >= 11 is 3.09. The van der Waals surface area contributed by atoms with Gasteiger partial charge < -0.3 is 5.32 Å². The van der Waals surface area contributed by atoms with Crippen LogP contribution in [0.4, 0.5) is 24.1 Å². The first kappa shape index (κ1) is 24.1. The Morgan fingerprint density at radius 2 is 1.94 bits per heavy atom. The van der Waals surface area contributed by atoms with Crippen molar-refractivity contribution in [2.45, 2.75) is 59.3 Å². The molecule has 3 heterocycles. The van der Waals surface area contributed by atoms with E-state index in [1.165, 1.54) is 11.3 Å². The number of pyridine rings is 1. The molecule has 1 atom stereocenters. The van der Waals surface area contributed by atoms with Crippen molar-refractivity contribution < 1.29 is 13.2 Å². The van der Waals surface area contributed by atoms with Gasteiger partial charge in [-0.1, -0.05) is 19.9 Å². The van der Waals surface area contributed by atoms with Gasteiger partial charge in [0.25, 0.3) is 0 Å². The first-order valence-corrected chi connectivity index (χ1v) is 12.7. The molecule has 178 valence electrons. The van der Waals surface area contributed by atoms with Crippen LogP contribution in [0, 0.1) is 25.7 Å². The average molecular weight is 496 g/mol. The van der Waals surface area contributed by atoms with Crippen molar-refractivity contribution in [2.75, 3.05) is 11.9 Å². The van der Waals surface area contributed by atoms with E-state index in [1.807, 2.05) is 25.3 Å². The van der Waals surface area contributed by atoms with Crippen LogP contribution < -0.4 is 5.32 Å². The highest BCUT2D eigenvalue weighted by Crippen LogP contribution is 2.37. The summed E-state index contributed by atoms with van der Waals surface area (Å²) in [6.07, 6.45) is -0.579. The lowest BCUT2D eigenvalue weighted by Crippen LogP contribution is -2.49. The lowest BCUT2D eigenvalue weighted by Gasteiger charge is -2.35. The number of anilines is 2. The molecule has 1 aliphatic carbocycles. The molecule has 4 rings (SSSR count). The number of hydrogen-bond acceptors (Lipinski definition) is 7. The van der Waals surface area contributed by atoms with E-state index in [-0.39, 0.29) is 6.54 Å². The van der Waals surface area contributed by atoms with Gasteiger partial charge in [-0.05, 0) is 50.2 Å². The van der Waals surface area contributed by atoms with Gasteiger partial charge in [0, 0.05) is 24.7 Å². The molecule has 1 aliphatic rings. The molecule has 0 aromatic carbocycles. The topological polar surface area (TPSA) is 53.9 Å². The normalized spacial score (nSPS) is 15.4. The zero-order chi connectivity index (χ0) is 23.8. The Labute approximate surface area is 200 Å². The summed E-state index contributed by atoms with van der Waals surface area (Å²) in [4.78, 5) is 16.2. The Morgan fingerprint density at radius 3 is 2.48 bits per heavy atom. The molecule has 1 unspecified atom stereocenters. The van der Waals surface area contributed by atoms with Gasteiger partial charge in [-0.25, -0.2) is 15.0 Å². The molecule has 1 N–H and O–H groups in total. The highest BCUT2D eigenvalue weighted by atomic mass is 32.1. The fourth-order valence-corrected chi connectivity index (χ4v) is 5.72. The Balaban J connectivity index is 1.44. The van der Waals surface area contributed by atoms with Gasteiger partial charge in [-0.2, -0.15) is 13.2 Å². The van der Waals surface area contributed by atoms with E-state index in [9.17, 15) is 13.2 Å². The number of thiazole rings is 2. The van der Waals surface area contributed by atoms with Crippen molar-refractivity contribution >= 4 is 33.6 Å². The van der Waals surface area contributed by atoms with E-state index >= 15 is 0 Å². The van der Waals surface area contributed by atoms with Crippen LogP contribution in [-0.2, 0) is 6.54 Å². The summed E-state index contributed by atoms with van der Waals surface area (Å²) in [5, 5.41) is 6.89. The fraction of sp³-hybridized carbons (Fsp3) is 0.522. The monoisotopic (exact) mass is 495 g/mol. The van der Waals surface area contributed by atoms with Gasteiger partial charge >= 0.3 is 6.18 Å². The van der Waals surface area contributed by atoms with Gasteiger partial charge in [0.05, 0.1) is 21.3 Å². The minimum Gasteiger partial charge on any atom is -0.316 e. The molecular formula is C23H28F3N5S2. The molecule has 1 fully saturated rings. The van der Waals surface area contributed by atoms with Crippen LogP contribution in [0.2, 0.25) is 0 Å². The summed E-state index contributed by atoms with van der Waals surface area (Å²) in [5.74, 6) is 0.470. The Kier molecular flexibility index (Phi) is 7.07. The van der Waals surface area contributed by atoms with Crippen molar-refractivity contribution in [3.8, 4) is 10.6 Å². The zero-order valence-electron chi connectivity index (χ0n) is 19.1. The van der Waals surface area contributed by atoms with Crippen molar-refractivity contribution in [1.29, 1.82) is 0 Å². The van der Waals surface area contributed by atoms with Crippen LogP contribution in [-0.4, -0.2) is 38.6 Å². The van der Waals surface area contributed by atoms with Crippen LogP contribution >= 0.6 is 22.7 Å². The van der Waals surface area contributed by atoms with E-state index in [0.29, 0.717) is 23.4 Å². The van der Waals surface area contributed by atoms with Crippen molar-refractivity contribution in [3.05, 3.63) is 40.0 Å². The molecule has 0 aliphatic heterocycles. The van der Waals surface area contributed by atoms with Crippen LogP contribution in [0.15, 0.2) is 23.7 Å². The second kappa shape index (κ2) is 9.68. The molecule has 0 bridgehead atoms. The number of halogens is 3. The van der Waals surface area contributed by atoms with Crippen LogP contribution in [0.3, 0.4) is 0 Å². The molecule has 5 nitrogen and oxygen atoms in total. The molecular weight excluding hydrogens is 467 g/mol. The van der Waals surface area contributed by atoms with E-state index in [2.05, 4.69) is 20.3 Å². The van der Waals surface area contributed by atoms with Gasteiger partial charge in [0.15, 0.2) is 5.13 Å². The standard InChI is InChI=1S/C23H28F3N5S2/c1-13(2)21(23(24,25)26)31(10-16-5-6-16)11-17-7-8-19(27-9-17)30-22-29-18(12-32-22)20-14(3)28-15(4)33-20/h7-9,12-13,16,21H,5-6,10-11H2,1-4H3,(H,27,29,30). The van der Waals surface area contributed by atoms with Crippen LogP contribution in [0.1, 0.15) is 43.0 Å². The summed E-state index contributed by atoms with van der Waals surface area (Å²) in [6.45, 7) is 7.93. The average Bonchev–Trinajstić information content (AvgIpc) is 3.29. The Hall–Kier alpha value is -2.04. The first-order valence-electron chi connectivity index (χ1n) is 11.0. The Morgan fingerprint density at radius 1 is 1.18 bits per heavy atom. The van der Waals surface area contributed by atoms with Gasteiger partial charge in [-0.3, -0.25) is 4.90 Å². The minimum atomic E-state index is -4.25. The SMILES string of the molecule is Cc1nc(C)c(-c2csc(Nc3ccc(CN(CC4CC4)C(C(C)C)C(F)(F)F)cn3)n2)s1. The lowest BCUT2D eigenvalue weighted by atomic mass is 10.0. The van der Waals surface area contributed by atoms with E-state index < -0.39 is 18.1 Å². The maximum Gasteiger partial charge on any atom is 0.404 e. The van der Waals surface area contributed by atoms with E-state index in [0.717, 1.165) is 39.7 Å². The smallest absolute Gasteiger partial charge is 0.316 e. The minimum absolute atomic E-state index is 0.234. The summed E-state index contributed by atoms with van der Waals surface area (Å²) in [6, 6.07) is 2.18. The summed E-state index contributed by atoms with van der Waals surface area (Å²) < 4.78 is 41.3.